The monoisotopic (exact) mass is 241 g/mol. The lowest BCUT2D eigenvalue weighted by atomic mass is 10.2. The number of hydrogen-bond donors (Lipinski definition) is 1. The van der Waals surface area contributed by atoms with Gasteiger partial charge in [-0.25, -0.2) is 4.39 Å². The Kier molecular flexibility index (Phi) is 3.05. The molecule has 1 N–H and O–H groups in total. The topological polar surface area (TPSA) is 51.0 Å². The summed E-state index contributed by atoms with van der Waals surface area (Å²) in [6, 6.07) is 4.90. The number of nitrogens with one attached hydrogen (secondary N) is 1. The highest BCUT2D eigenvalue weighted by Crippen LogP contribution is 2.16. The summed E-state index contributed by atoms with van der Waals surface area (Å²) < 4.78 is 17.9. The largest absolute Gasteiger partial charge is 0.334 e. The summed E-state index contributed by atoms with van der Waals surface area (Å²) >= 11 is 5.56. The van der Waals surface area contributed by atoms with Crippen LogP contribution < -0.4 is 5.32 Å². The molecule has 1 heterocycles. The van der Waals surface area contributed by atoms with E-state index in [1.807, 2.05) is 0 Å². The van der Waals surface area contributed by atoms with E-state index < -0.39 is 5.82 Å². The lowest BCUT2D eigenvalue weighted by molar-refractivity contribution is 0.425. The minimum atomic E-state index is -0.442. The first-order valence-corrected chi connectivity index (χ1v) is 5.01. The van der Waals surface area contributed by atoms with Gasteiger partial charge in [0.25, 0.3) is 0 Å². The van der Waals surface area contributed by atoms with Crippen LogP contribution in [0.5, 0.6) is 0 Å². The van der Waals surface area contributed by atoms with E-state index in [9.17, 15) is 4.39 Å². The van der Waals surface area contributed by atoms with E-state index in [4.69, 9.17) is 16.1 Å². The molecule has 1 aromatic heterocycles. The summed E-state index contributed by atoms with van der Waals surface area (Å²) in [5, 5.41) is 6.60. The van der Waals surface area contributed by atoms with E-state index in [0.29, 0.717) is 18.4 Å². The van der Waals surface area contributed by atoms with Gasteiger partial charge < -0.3 is 9.84 Å². The predicted octanol–water partition coefficient (Wildman–Crippen LogP) is 2.78. The van der Waals surface area contributed by atoms with E-state index in [2.05, 4.69) is 15.5 Å². The summed E-state index contributed by atoms with van der Waals surface area (Å²) in [6.07, 6.45) is 0. The normalized spacial score (nSPS) is 10.4. The number of rotatable bonds is 3. The lowest BCUT2D eigenvalue weighted by Crippen LogP contribution is -2.00. The third kappa shape index (κ3) is 2.49. The summed E-state index contributed by atoms with van der Waals surface area (Å²) in [5.41, 5.74) is 0.748. The molecule has 1 aromatic carbocycles. The molecule has 84 valence electrons. The minimum Gasteiger partial charge on any atom is -0.334 e. The van der Waals surface area contributed by atoms with E-state index in [1.54, 1.807) is 13.0 Å². The van der Waals surface area contributed by atoms with Gasteiger partial charge in [-0.2, -0.15) is 4.98 Å². The number of aryl methyl sites for hydroxylation is 1. The molecule has 0 atom stereocenters. The van der Waals surface area contributed by atoms with Crippen molar-refractivity contribution in [2.45, 2.75) is 13.5 Å². The molecular formula is C10H9ClFN3O. The molecule has 0 saturated carbocycles. The molecule has 0 aliphatic heterocycles. The van der Waals surface area contributed by atoms with Crippen LogP contribution in [0, 0.1) is 12.7 Å². The van der Waals surface area contributed by atoms with Crippen molar-refractivity contribution in [1.82, 2.24) is 10.1 Å². The van der Waals surface area contributed by atoms with E-state index >= 15 is 0 Å². The van der Waals surface area contributed by atoms with E-state index in [-0.39, 0.29) is 5.02 Å². The quantitative estimate of drug-likeness (QED) is 0.898. The fraction of sp³-hybridized carbons (Fsp3) is 0.200. The average Bonchev–Trinajstić information content (AvgIpc) is 2.66. The maximum atomic E-state index is 13.1. The van der Waals surface area contributed by atoms with Crippen molar-refractivity contribution in [3.63, 3.8) is 0 Å². The number of anilines is 1. The summed E-state index contributed by atoms with van der Waals surface area (Å²) in [5.74, 6) is 0.104. The second-order valence-corrected chi connectivity index (χ2v) is 3.66. The molecule has 0 aliphatic carbocycles. The first kappa shape index (κ1) is 10.9. The molecule has 2 aromatic rings. The Morgan fingerprint density at radius 2 is 2.31 bits per heavy atom. The van der Waals surface area contributed by atoms with Crippen LogP contribution in [-0.2, 0) is 6.54 Å². The fourth-order valence-electron chi connectivity index (χ4n) is 1.20. The average molecular weight is 242 g/mol. The van der Waals surface area contributed by atoms with Gasteiger partial charge in [0.1, 0.15) is 5.82 Å². The number of aromatic nitrogens is 2. The van der Waals surface area contributed by atoms with Crippen molar-refractivity contribution in [3.8, 4) is 0 Å². The Morgan fingerprint density at radius 1 is 1.50 bits per heavy atom. The minimum absolute atomic E-state index is 0.109. The van der Waals surface area contributed by atoms with Gasteiger partial charge in [-0.05, 0) is 24.6 Å². The van der Waals surface area contributed by atoms with Crippen LogP contribution in [0.3, 0.4) is 0 Å². The van der Waals surface area contributed by atoms with Crippen molar-refractivity contribution >= 4 is 17.6 Å². The Labute approximate surface area is 96.4 Å². The SMILES string of the molecule is Cc1noc(NCc2ccc(Cl)c(F)c2)n1. The van der Waals surface area contributed by atoms with Crippen LogP contribution in [0.1, 0.15) is 11.4 Å². The Hall–Kier alpha value is -1.62. The van der Waals surface area contributed by atoms with Crippen LogP contribution in [0.15, 0.2) is 22.7 Å². The van der Waals surface area contributed by atoms with Gasteiger partial charge in [0, 0.05) is 6.54 Å². The number of benzene rings is 1. The molecule has 6 heteroatoms. The second-order valence-electron chi connectivity index (χ2n) is 3.25. The molecular weight excluding hydrogens is 233 g/mol. The third-order valence-electron chi connectivity index (χ3n) is 1.96. The molecule has 2 rings (SSSR count). The number of hydrogen-bond acceptors (Lipinski definition) is 4. The second kappa shape index (κ2) is 4.49. The van der Waals surface area contributed by atoms with Gasteiger partial charge >= 0.3 is 6.01 Å². The van der Waals surface area contributed by atoms with Crippen LogP contribution >= 0.6 is 11.6 Å². The zero-order valence-corrected chi connectivity index (χ0v) is 9.25. The van der Waals surface area contributed by atoms with E-state index in [0.717, 1.165) is 5.56 Å². The van der Waals surface area contributed by atoms with Crippen LogP contribution in [0.2, 0.25) is 5.02 Å². The molecule has 0 fully saturated rings. The molecule has 4 nitrogen and oxygen atoms in total. The fourth-order valence-corrected chi connectivity index (χ4v) is 1.31. The van der Waals surface area contributed by atoms with Crippen molar-refractivity contribution in [3.05, 3.63) is 40.4 Å². The first-order chi connectivity index (χ1) is 7.65. The molecule has 0 spiro atoms. The highest BCUT2D eigenvalue weighted by molar-refractivity contribution is 6.30. The van der Waals surface area contributed by atoms with Crippen LogP contribution in [0.25, 0.3) is 0 Å². The third-order valence-corrected chi connectivity index (χ3v) is 2.26. The molecule has 0 bridgehead atoms. The zero-order chi connectivity index (χ0) is 11.5. The predicted molar refractivity (Wildman–Crippen MR) is 57.8 cm³/mol. The number of nitrogens with zero attached hydrogens (tertiary/aromatic N) is 2. The lowest BCUT2D eigenvalue weighted by Gasteiger charge is -2.02. The van der Waals surface area contributed by atoms with Crippen molar-refractivity contribution in [2.75, 3.05) is 5.32 Å². The Balaban J connectivity index is 2.02. The maximum absolute atomic E-state index is 13.1. The van der Waals surface area contributed by atoms with Gasteiger partial charge in [-0.1, -0.05) is 22.8 Å². The van der Waals surface area contributed by atoms with Gasteiger partial charge in [0.2, 0.25) is 0 Å². The van der Waals surface area contributed by atoms with Crippen molar-refractivity contribution in [2.24, 2.45) is 0 Å². The van der Waals surface area contributed by atoms with Crippen molar-refractivity contribution in [1.29, 1.82) is 0 Å². The zero-order valence-electron chi connectivity index (χ0n) is 8.50. The first-order valence-electron chi connectivity index (χ1n) is 4.63. The summed E-state index contributed by atoms with van der Waals surface area (Å²) in [4.78, 5) is 3.96. The Morgan fingerprint density at radius 3 is 2.94 bits per heavy atom. The highest BCUT2D eigenvalue weighted by Gasteiger charge is 2.03. The molecule has 0 saturated heterocycles. The van der Waals surface area contributed by atoms with Gasteiger partial charge in [-0.3, -0.25) is 0 Å². The van der Waals surface area contributed by atoms with Gasteiger partial charge in [0.15, 0.2) is 5.82 Å². The molecule has 0 amide bonds. The smallest absolute Gasteiger partial charge is 0.321 e. The Bertz CT molecular complexity index is 501. The standard InChI is InChI=1S/C10H9ClFN3O/c1-6-14-10(16-15-6)13-5-7-2-3-8(11)9(12)4-7/h2-4H,5H2,1H3,(H,13,14,15). The molecule has 16 heavy (non-hydrogen) atoms. The van der Waals surface area contributed by atoms with E-state index in [1.165, 1.54) is 12.1 Å². The van der Waals surface area contributed by atoms with Crippen molar-refractivity contribution < 1.29 is 8.91 Å². The van der Waals surface area contributed by atoms with Crippen LogP contribution in [-0.4, -0.2) is 10.1 Å². The summed E-state index contributed by atoms with van der Waals surface area (Å²) in [6.45, 7) is 2.12. The maximum Gasteiger partial charge on any atom is 0.321 e. The highest BCUT2D eigenvalue weighted by atomic mass is 35.5. The van der Waals surface area contributed by atoms with Gasteiger partial charge in [-0.15, -0.1) is 0 Å². The van der Waals surface area contributed by atoms with Gasteiger partial charge in [0.05, 0.1) is 5.02 Å². The molecule has 0 unspecified atom stereocenters. The summed E-state index contributed by atoms with van der Waals surface area (Å²) in [7, 11) is 0. The number of halogens is 2. The van der Waals surface area contributed by atoms with Crippen LogP contribution in [0.4, 0.5) is 10.4 Å². The molecule has 0 aliphatic rings. The molecule has 0 radical (unpaired) electrons.